The highest BCUT2D eigenvalue weighted by Gasteiger charge is 2.30. The Morgan fingerprint density at radius 2 is 1.56 bits per heavy atom. The molecule has 0 N–H and O–H groups in total. The fourth-order valence-corrected chi connectivity index (χ4v) is 2.97. The molecule has 0 atom stereocenters. The number of hydrogen-bond donors (Lipinski definition) is 0. The molecule has 4 nitrogen and oxygen atoms in total. The van der Waals surface area contributed by atoms with Crippen molar-refractivity contribution in [1.29, 1.82) is 0 Å². The van der Waals surface area contributed by atoms with Crippen LogP contribution >= 0.6 is 0 Å². The zero-order chi connectivity index (χ0) is 13.0. The van der Waals surface area contributed by atoms with Gasteiger partial charge in [0, 0.05) is 38.5 Å². The molecule has 2 aliphatic heterocycles. The van der Waals surface area contributed by atoms with Gasteiger partial charge in [0.25, 0.3) is 0 Å². The molecule has 2 heterocycles. The number of hydrogen-bond acceptors (Lipinski definition) is 2. The van der Waals surface area contributed by atoms with E-state index in [1.54, 1.807) is 0 Å². The number of piperidine rings is 2. The summed E-state index contributed by atoms with van der Waals surface area (Å²) < 4.78 is 0. The summed E-state index contributed by atoms with van der Waals surface area (Å²) >= 11 is 0. The number of amides is 2. The van der Waals surface area contributed by atoms with Gasteiger partial charge in [-0.25, -0.2) is 0 Å². The Morgan fingerprint density at radius 3 is 2.11 bits per heavy atom. The largest absolute Gasteiger partial charge is 0.343 e. The van der Waals surface area contributed by atoms with Crippen LogP contribution in [0, 0.1) is 5.92 Å². The highest BCUT2D eigenvalue weighted by Crippen LogP contribution is 2.22. The molecule has 0 aromatic rings. The lowest BCUT2D eigenvalue weighted by molar-refractivity contribution is -0.141. The molecule has 0 saturated carbocycles. The molecule has 0 unspecified atom stereocenters. The zero-order valence-corrected chi connectivity index (χ0v) is 11.4. The summed E-state index contributed by atoms with van der Waals surface area (Å²) in [7, 11) is 0. The summed E-state index contributed by atoms with van der Waals surface area (Å²) in [6.07, 6.45) is 5.83. The van der Waals surface area contributed by atoms with Crippen LogP contribution in [0.2, 0.25) is 0 Å². The summed E-state index contributed by atoms with van der Waals surface area (Å²) in [5.41, 5.74) is 0. The lowest BCUT2D eigenvalue weighted by Gasteiger charge is -2.35. The van der Waals surface area contributed by atoms with Gasteiger partial charge in [0.1, 0.15) is 0 Å². The van der Waals surface area contributed by atoms with Crippen molar-refractivity contribution in [2.24, 2.45) is 5.92 Å². The first kappa shape index (κ1) is 13.4. The quantitative estimate of drug-likeness (QED) is 0.749. The van der Waals surface area contributed by atoms with Crippen LogP contribution in [0.25, 0.3) is 0 Å². The van der Waals surface area contributed by atoms with Gasteiger partial charge in [-0.05, 0) is 32.1 Å². The monoisotopic (exact) mass is 252 g/mol. The van der Waals surface area contributed by atoms with Gasteiger partial charge < -0.3 is 9.80 Å². The van der Waals surface area contributed by atoms with Crippen LogP contribution in [-0.2, 0) is 9.59 Å². The molecule has 2 rings (SSSR count). The van der Waals surface area contributed by atoms with Gasteiger partial charge in [-0.3, -0.25) is 9.59 Å². The molecular formula is C14H24N2O2. The van der Waals surface area contributed by atoms with E-state index >= 15 is 0 Å². The van der Waals surface area contributed by atoms with E-state index in [9.17, 15) is 9.59 Å². The van der Waals surface area contributed by atoms with E-state index in [4.69, 9.17) is 0 Å². The Balaban J connectivity index is 1.81. The number of carbonyl (C=O) groups is 2. The van der Waals surface area contributed by atoms with E-state index in [-0.39, 0.29) is 11.8 Å². The standard InChI is InChI=1S/C14H24N2O2/c1-2-13(17)15-10-6-12(7-11-15)14(18)16-8-4-3-5-9-16/h12H,2-11H2,1H3. The molecule has 2 aliphatic rings. The fraction of sp³-hybridized carbons (Fsp3) is 0.857. The molecule has 102 valence electrons. The summed E-state index contributed by atoms with van der Waals surface area (Å²) in [5, 5.41) is 0. The van der Waals surface area contributed by atoms with E-state index in [0.29, 0.717) is 12.3 Å². The van der Waals surface area contributed by atoms with E-state index in [1.165, 1.54) is 6.42 Å². The van der Waals surface area contributed by atoms with Crippen molar-refractivity contribution < 1.29 is 9.59 Å². The first-order valence-corrected chi connectivity index (χ1v) is 7.29. The maximum absolute atomic E-state index is 12.3. The van der Waals surface area contributed by atoms with Gasteiger partial charge in [-0.2, -0.15) is 0 Å². The van der Waals surface area contributed by atoms with Crippen LogP contribution < -0.4 is 0 Å². The Bertz CT molecular complexity index is 303. The van der Waals surface area contributed by atoms with Crippen molar-refractivity contribution in [1.82, 2.24) is 9.80 Å². The minimum Gasteiger partial charge on any atom is -0.343 e. The van der Waals surface area contributed by atoms with Crippen molar-refractivity contribution in [3.63, 3.8) is 0 Å². The predicted molar refractivity (Wildman–Crippen MR) is 70.0 cm³/mol. The summed E-state index contributed by atoms with van der Waals surface area (Å²) in [5.74, 6) is 0.709. The third-order valence-electron chi connectivity index (χ3n) is 4.17. The van der Waals surface area contributed by atoms with Crippen LogP contribution in [0.1, 0.15) is 45.4 Å². The van der Waals surface area contributed by atoms with E-state index < -0.39 is 0 Å². The summed E-state index contributed by atoms with van der Waals surface area (Å²) in [4.78, 5) is 27.8. The first-order valence-electron chi connectivity index (χ1n) is 7.29. The number of likely N-dealkylation sites (tertiary alicyclic amines) is 2. The molecule has 18 heavy (non-hydrogen) atoms. The average Bonchev–Trinajstić information content (AvgIpc) is 2.47. The van der Waals surface area contributed by atoms with Gasteiger partial charge in [0.15, 0.2) is 0 Å². The van der Waals surface area contributed by atoms with Gasteiger partial charge in [-0.1, -0.05) is 6.92 Å². The van der Waals surface area contributed by atoms with Crippen LogP contribution in [0.5, 0.6) is 0 Å². The number of carbonyl (C=O) groups excluding carboxylic acids is 2. The molecule has 0 aliphatic carbocycles. The average molecular weight is 252 g/mol. The van der Waals surface area contributed by atoms with Crippen molar-refractivity contribution in [2.45, 2.75) is 45.4 Å². The van der Waals surface area contributed by atoms with Crippen molar-refractivity contribution in [2.75, 3.05) is 26.2 Å². The Kier molecular flexibility index (Phi) is 4.61. The topological polar surface area (TPSA) is 40.6 Å². The van der Waals surface area contributed by atoms with Gasteiger partial charge >= 0.3 is 0 Å². The summed E-state index contributed by atoms with van der Waals surface area (Å²) in [6.45, 7) is 5.29. The molecule has 2 saturated heterocycles. The van der Waals surface area contributed by atoms with Crippen LogP contribution in [0.4, 0.5) is 0 Å². The Hall–Kier alpha value is -1.06. The number of nitrogens with zero attached hydrogens (tertiary/aromatic N) is 2. The van der Waals surface area contributed by atoms with E-state index in [1.807, 2.05) is 16.7 Å². The second kappa shape index (κ2) is 6.21. The molecule has 2 amide bonds. The SMILES string of the molecule is CCC(=O)N1CCC(C(=O)N2CCCCC2)CC1. The third kappa shape index (κ3) is 3.03. The van der Waals surface area contributed by atoms with Crippen molar-refractivity contribution >= 4 is 11.8 Å². The molecular weight excluding hydrogens is 228 g/mol. The molecule has 0 spiro atoms. The minimum atomic E-state index is 0.156. The molecule has 0 bridgehead atoms. The Morgan fingerprint density at radius 1 is 0.944 bits per heavy atom. The smallest absolute Gasteiger partial charge is 0.225 e. The second-order valence-corrected chi connectivity index (χ2v) is 5.39. The van der Waals surface area contributed by atoms with Gasteiger partial charge in [0.05, 0.1) is 0 Å². The van der Waals surface area contributed by atoms with Gasteiger partial charge in [-0.15, -0.1) is 0 Å². The van der Waals surface area contributed by atoms with E-state index in [0.717, 1.165) is 51.9 Å². The van der Waals surface area contributed by atoms with Crippen molar-refractivity contribution in [3.05, 3.63) is 0 Å². The maximum Gasteiger partial charge on any atom is 0.225 e. The van der Waals surface area contributed by atoms with E-state index in [2.05, 4.69) is 0 Å². The lowest BCUT2D eigenvalue weighted by Crippen LogP contribution is -2.45. The van der Waals surface area contributed by atoms with Crippen LogP contribution in [-0.4, -0.2) is 47.8 Å². The lowest BCUT2D eigenvalue weighted by atomic mass is 9.94. The first-order chi connectivity index (χ1) is 8.72. The molecule has 0 radical (unpaired) electrons. The highest BCUT2D eigenvalue weighted by molar-refractivity contribution is 5.80. The normalized spacial score (nSPS) is 22.1. The molecule has 4 heteroatoms. The van der Waals surface area contributed by atoms with Crippen molar-refractivity contribution in [3.8, 4) is 0 Å². The number of rotatable bonds is 2. The molecule has 0 aromatic heterocycles. The van der Waals surface area contributed by atoms with Crippen LogP contribution in [0.3, 0.4) is 0 Å². The maximum atomic E-state index is 12.3. The second-order valence-electron chi connectivity index (χ2n) is 5.39. The van der Waals surface area contributed by atoms with Gasteiger partial charge in [0.2, 0.25) is 11.8 Å². The minimum absolute atomic E-state index is 0.156. The predicted octanol–water partition coefficient (Wildman–Crippen LogP) is 1.65. The molecule has 2 fully saturated rings. The fourth-order valence-electron chi connectivity index (χ4n) is 2.97. The zero-order valence-electron chi connectivity index (χ0n) is 11.4. The molecule has 0 aromatic carbocycles. The Labute approximate surface area is 109 Å². The van der Waals surface area contributed by atoms with Crippen LogP contribution in [0.15, 0.2) is 0 Å². The summed E-state index contributed by atoms with van der Waals surface area (Å²) in [6, 6.07) is 0. The highest BCUT2D eigenvalue weighted by atomic mass is 16.2. The third-order valence-corrected chi connectivity index (χ3v) is 4.17.